The van der Waals surface area contributed by atoms with Gasteiger partial charge < -0.3 is 11.1 Å². The van der Waals surface area contributed by atoms with Gasteiger partial charge in [0.1, 0.15) is 0 Å². The van der Waals surface area contributed by atoms with Gasteiger partial charge in [-0.2, -0.15) is 0 Å². The van der Waals surface area contributed by atoms with Crippen LogP contribution in [0.5, 0.6) is 0 Å². The second kappa shape index (κ2) is 5.74. The van der Waals surface area contributed by atoms with Crippen molar-refractivity contribution in [3.8, 4) is 0 Å². The van der Waals surface area contributed by atoms with Gasteiger partial charge in [-0.25, -0.2) is 0 Å². The molecule has 1 aromatic rings. The quantitative estimate of drug-likeness (QED) is 0.871. The first kappa shape index (κ1) is 13.9. The van der Waals surface area contributed by atoms with Crippen LogP contribution in [-0.4, -0.2) is 5.91 Å². The zero-order chi connectivity index (χ0) is 14.1. The standard InChI is InChI=1S/C16H21ClN2O/c17-12-8-11-6-7-14(20)19-16(11)13(9-12)15(18)10-4-2-1-3-5-10/h8-10,15H,1-7,18H2,(H,19,20). The Kier molecular flexibility index (Phi) is 3.99. The summed E-state index contributed by atoms with van der Waals surface area (Å²) in [7, 11) is 0. The highest BCUT2D eigenvalue weighted by molar-refractivity contribution is 6.31. The van der Waals surface area contributed by atoms with Gasteiger partial charge in [0.2, 0.25) is 5.91 Å². The van der Waals surface area contributed by atoms with Gasteiger partial charge in [0.05, 0.1) is 0 Å². The van der Waals surface area contributed by atoms with E-state index in [9.17, 15) is 4.79 Å². The Morgan fingerprint density at radius 1 is 1.20 bits per heavy atom. The predicted molar refractivity (Wildman–Crippen MR) is 81.9 cm³/mol. The average molecular weight is 293 g/mol. The predicted octanol–water partition coefficient (Wildman–Crippen LogP) is 3.80. The lowest BCUT2D eigenvalue weighted by atomic mass is 9.80. The molecule has 3 N–H and O–H groups in total. The maximum absolute atomic E-state index is 11.7. The number of benzene rings is 1. The van der Waals surface area contributed by atoms with Crippen molar-refractivity contribution >= 4 is 23.2 Å². The van der Waals surface area contributed by atoms with Crippen molar-refractivity contribution in [3.05, 3.63) is 28.3 Å². The summed E-state index contributed by atoms with van der Waals surface area (Å²) in [6.45, 7) is 0. The number of hydrogen-bond acceptors (Lipinski definition) is 2. The lowest BCUT2D eigenvalue weighted by Gasteiger charge is -2.31. The first-order valence-electron chi connectivity index (χ1n) is 7.53. The van der Waals surface area contributed by atoms with Crippen molar-refractivity contribution in [2.24, 2.45) is 11.7 Å². The Bertz CT molecular complexity index is 523. The Hall–Kier alpha value is -1.06. The fourth-order valence-electron chi connectivity index (χ4n) is 3.50. The maximum Gasteiger partial charge on any atom is 0.224 e. The molecule has 4 heteroatoms. The summed E-state index contributed by atoms with van der Waals surface area (Å²) in [6, 6.07) is 3.86. The number of nitrogens with two attached hydrogens (primary N) is 1. The second-order valence-electron chi connectivity index (χ2n) is 6.00. The highest BCUT2D eigenvalue weighted by Gasteiger charge is 2.27. The van der Waals surface area contributed by atoms with Gasteiger partial charge in [-0.3, -0.25) is 4.79 Å². The minimum atomic E-state index is -0.0267. The van der Waals surface area contributed by atoms with Crippen LogP contribution in [0.2, 0.25) is 5.02 Å². The van der Waals surface area contributed by atoms with E-state index in [1.807, 2.05) is 12.1 Å². The topological polar surface area (TPSA) is 55.1 Å². The van der Waals surface area contributed by atoms with Crippen molar-refractivity contribution in [2.45, 2.75) is 51.0 Å². The monoisotopic (exact) mass is 292 g/mol. The third-order valence-electron chi connectivity index (χ3n) is 4.62. The number of amides is 1. The molecule has 0 saturated heterocycles. The molecule has 1 atom stereocenters. The molecule has 1 unspecified atom stereocenters. The zero-order valence-electron chi connectivity index (χ0n) is 11.6. The molecule has 3 rings (SSSR count). The number of fused-ring (bicyclic) bond motifs is 1. The molecule has 0 bridgehead atoms. The van der Waals surface area contributed by atoms with Gasteiger partial charge >= 0.3 is 0 Å². The van der Waals surface area contributed by atoms with E-state index < -0.39 is 0 Å². The molecule has 1 aromatic carbocycles. The normalized spacial score (nSPS) is 21.2. The molecule has 1 aliphatic carbocycles. The SMILES string of the molecule is NC(c1cc(Cl)cc2c1NC(=O)CC2)C1CCCCC1. The van der Waals surface area contributed by atoms with E-state index in [2.05, 4.69) is 5.32 Å². The molecule has 2 aliphatic rings. The molecular weight excluding hydrogens is 272 g/mol. The van der Waals surface area contributed by atoms with Crippen LogP contribution >= 0.6 is 11.6 Å². The third-order valence-corrected chi connectivity index (χ3v) is 4.84. The van der Waals surface area contributed by atoms with Gasteiger partial charge in [-0.05, 0) is 48.4 Å². The largest absolute Gasteiger partial charge is 0.326 e. The van der Waals surface area contributed by atoms with Crippen LogP contribution in [0.3, 0.4) is 0 Å². The number of carbonyl (C=O) groups is 1. The zero-order valence-corrected chi connectivity index (χ0v) is 12.4. The molecule has 1 amide bonds. The van der Waals surface area contributed by atoms with Crippen LogP contribution in [0.15, 0.2) is 12.1 Å². The summed E-state index contributed by atoms with van der Waals surface area (Å²) < 4.78 is 0. The van der Waals surface area contributed by atoms with Crippen molar-refractivity contribution in [2.75, 3.05) is 5.32 Å². The number of aryl methyl sites for hydroxylation is 1. The van der Waals surface area contributed by atoms with Crippen molar-refractivity contribution in [1.29, 1.82) is 0 Å². The Labute approximate surface area is 124 Å². The molecule has 108 valence electrons. The van der Waals surface area contributed by atoms with Crippen molar-refractivity contribution < 1.29 is 4.79 Å². The lowest BCUT2D eigenvalue weighted by Crippen LogP contribution is -2.27. The van der Waals surface area contributed by atoms with Crippen molar-refractivity contribution in [1.82, 2.24) is 0 Å². The van der Waals surface area contributed by atoms with Gasteiger partial charge in [0.15, 0.2) is 0 Å². The number of rotatable bonds is 2. The maximum atomic E-state index is 11.7. The van der Waals surface area contributed by atoms with Gasteiger partial charge in [0, 0.05) is 23.2 Å². The first-order valence-corrected chi connectivity index (χ1v) is 7.90. The second-order valence-corrected chi connectivity index (χ2v) is 6.44. The molecule has 20 heavy (non-hydrogen) atoms. The lowest BCUT2D eigenvalue weighted by molar-refractivity contribution is -0.116. The third kappa shape index (κ3) is 2.70. The van der Waals surface area contributed by atoms with Gasteiger partial charge in [-0.15, -0.1) is 0 Å². The number of anilines is 1. The molecular formula is C16H21ClN2O. The van der Waals surface area contributed by atoms with E-state index >= 15 is 0 Å². The molecule has 0 aromatic heterocycles. The van der Waals surface area contributed by atoms with E-state index in [1.165, 1.54) is 32.1 Å². The molecule has 1 heterocycles. The van der Waals surface area contributed by atoms with Crippen LogP contribution in [0, 0.1) is 5.92 Å². The molecule has 1 saturated carbocycles. The fourth-order valence-corrected chi connectivity index (χ4v) is 3.75. The van der Waals surface area contributed by atoms with E-state index in [0.717, 1.165) is 28.3 Å². The number of halogens is 1. The minimum absolute atomic E-state index is 0.0267. The van der Waals surface area contributed by atoms with E-state index in [1.54, 1.807) is 0 Å². The van der Waals surface area contributed by atoms with Crippen LogP contribution in [-0.2, 0) is 11.2 Å². The van der Waals surface area contributed by atoms with Crippen LogP contribution in [0.4, 0.5) is 5.69 Å². The van der Waals surface area contributed by atoms with Gasteiger partial charge in [0.25, 0.3) is 0 Å². The summed E-state index contributed by atoms with van der Waals surface area (Å²) in [5, 5.41) is 3.72. The summed E-state index contributed by atoms with van der Waals surface area (Å²) in [4.78, 5) is 11.7. The molecule has 1 aliphatic heterocycles. The van der Waals surface area contributed by atoms with E-state index in [4.69, 9.17) is 17.3 Å². The Morgan fingerprint density at radius 3 is 2.70 bits per heavy atom. The molecule has 0 spiro atoms. The highest BCUT2D eigenvalue weighted by Crippen LogP contribution is 2.39. The molecule has 3 nitrogen and oxygen atoms in total. The summed E-state index contributed by atoms with van der Waals surface area (Å²) in [5.41, 5.74) is 9.56. The Balaban J connectivity index is 1.95. The number of carbonyl (C=O) groups excluding carboxylic acids is 1. The van der Waals surface area contributed by atoms with Crippen LogP contribution in [0.1, 0.15) is 55.7 Å². The van der Waals surface area contributed by atoms with Crippen LogP contribution < -0.4 is 11.1 Å². The fraction of sp³-hybridized carbons (Fsp3) is 0.562. The van der Waals surface area contributed by atoms with Gasteiger partial charge in [-0.1, -0.05) is 30.9 Å². The number of hydrogen-bond donors (Lipinski definition) is 2. The Morgan fingerprint density at radius 2 is 1.95 bits per heavy atom. The molecule has 0 radical (unpaired) electrons. The molecule has 1 fully saturated rings. The highest BCUT2D eigenvalue weighted by atomic mass is 35.5. The first-order chi connectivity index (χ1) is 9.65. The average Bonchev–Trinajstić information content (AvgIpc) is 2.47. The van der Waals surface area contributed by atoms with Crippen LogP contribution in [0.25, 0.3) is 0 Å². The minimum Gasteiger partial charge on any atom is -0.326 e. The smallest absolute Gasteiger partial charge is 0.224 e. The van der Waals surface area contributed by atoms with E-state index in [0.29, 0.717) is 12.3 Å². The summed E-state index contributed by atoms with van der Waals surface area (Å²) in [6.07, 6.45) is 7.47. The number of nitrogens with one attached hydrogen (secondary N) is 1. The van der Waals surface area contributed by atoms with E-state index in [-0.39, 0.29) is 11.9 Å². The van der Waals surface area contributed by atoms with Crippen molar-refractivity contribution in [3.63, 3.8) is 0 Å². The summed E-state index contributed by atoms with van der Waals surface area (Å²) >= 11 is 6.23. The summed E-state index contributed by atoms with van der Waals surface area (Å²) in [5.74, 6) is 0.585.